The average Bonchev–Trinajstić information content (AvgIpc) is 3.51. The summed E-state index contributed by atoms with van der Waals surface area (Å²) in [5.74, 6) is 0.434. The Hall–Kier alpha value is -2.79. The Balaban J connectivity index is 1.64. The van der Waals surface area contributed by atoms with Crippen molar-refractivity contribution < 1.29 is 13.9 Å². The lowest BCUT2D eigenvalue weighted by molar-refractivity contribution is -0.133. The number of carbonyl (C=O) groups excluding carboxylic acids is 1. The van der Waals surface area contributed by atoms with Crippen molar-refractivity contribution in [3.8, 4) is 0 Å². The second-order valence-corrected chi connectivity index (χ2v) is 8.31. The topological polar surface area (TPSA) is 42.4 Å². The maximum Gasteiger partial charge on any atom is 0.223 e. The van der Waals surface area contributed by atoms with Gasteiger partial charge in [0.2, 0.25) is 5.91 Å². The van der Waals surface area contributed by atoms with Crippen LogP contribution in [0.25, 0.3) is 10.9 Å². The minimum Gasteiger partial charge on any atom is -0.371 e. The van der Waals surface area contributed by atoms with E-state index in [2.05, 4.69) is 4.98 Å². The van der Waals surface area contributed by atoms with Gasteiger partial charge in [-0.1, -0.05) is 36.4 Å². The molecule has 3 aromatic rings. The van der Waals surface area contributed by atoms with Crippen LogP contribution in [0.5, 0.6) is 0 Å². The first-order chi connectivity index (χ1) is 14.7. The number of likely N-dealkylation sites (tertiary alicyclic amines) is 1. The predicted octanol–water partition coefficient (Wildman–Crippen LogP) is 5.21. The maximum atomic E-state index is 13.7. The molecule has 2 aromatic carbocycles. The fraction of sp³-hybridized carbons (Fsp3) is 0.360. The zero-order valence-corrected chi connectivity index (χ0v) is 16.8. The van der Waals surface area contributed by atoms with Gasteiger partial charge in [-0.15, -0.1) is 0 Å². The molecule has 5 heteroatoms. The van der Waals surface area contributed by atoms with E-state index in [4.69, 9.17) is 4.74 Å². The van der Waals surface area contributed by atoms with Crippen LogP contribution in [0.4, 0.5) is 4.39 Å². The van der Waals surface area contributed by atoms with Crippen LogP contribution in [0.2, 0.25) is 0 Å². The Morgan fingerprint density at radius 1 is 1.10 bits per heavy atom. The Morgan fingerprint density at radius 2 is 1.90 bits per heavy atom. The Bertz CT molecular complexity index is 1040. The van der Waals surface area contributed by atoms with Crippen LogP contribution in [0, 0.1) is 11.7 Å². The minimum atomic E-state index is -0.374. The predicted molar refractivity (Wildman–Crippen MR) is 113 cm³/mol. The largest absolute Gasteiger partial charge is 0.371 e. The molecule has 1 saturated carbocycles. The van der Waals surface area contributed by atoms with Gasteiger partial charge < -0.3 is 9.64 Å². The smallest absolute Gasteiger partial charge is 0.223 e. The van der Waals surface area contributed by atoms with Gasteiger partial charge in [-0.3, -0.25) is 9.78 Å². The summed E-state index contributed by atoms with van der Waals surface area (Å²) < 4.78 is 20.1. The number of hydrogen-bond donors (Lipinski definition) is 0. The number of aromatic nitrogens is 1. The molecule has 2 aliphatic rings. The summed E-state index contributed by atoms with van der Waals surface area (Å²) in [6.45, 7) is 1.34. The van der Waals surface area contributed by atoms with Gasteiger partial charge in [0.1, 0.15) is 11.9 Å². The van der Waals surface area contributed by atoms with Crippen LogP contribution in [0.15, 0.2) is 60.8 Å². The fourth-order valence-corrected chi connectivity index (χ4v) is 4.37. The monoisotopic (exact) mass is 404 g/mol. The van der Waals surface area contributed by atoms with E-state index in [0.29, 0.717) is 25.5 Å². The first kappa shape index (κ1) is 19.2. The number of ether oxygens (including phenoxy) is 1. The van der Waals surface area contributed by atoms with Crippen molar-refractivity contribution >= 4 is 16.8 Å². The highest BCUT2D eigenvalue weighted by Gasteiger charge is 2.38. The van der Waals surface area contributed by atoms with Crippen molar-refractivity contribution in [2.24, 2.45) is 5.92 Å². The van der Waals surface area contributed by atoms with Crippen molar-refractivity contribution in [2.45, 2.75) is 37.8 Å². The molecule has 2 fully saturated rings. The van der Waals surface area contributed by atoms with Gasteiger partial charge in [0, 0.05) is 30.1 Å². The van der Waals surface area contributed by atoms with Gasteiger partial charge in [-0.25, -0.2) is 4.39 Å². The zero-order chi connectivity index (χ0) is 20.5. The van der Waals surface area contributed by atoms with Gasteiger partial charge in [-0.05, 0) is 48.9 Å². The van der Waals surface area contributed by atoms with Crippen LogP contribution in [0.3, 0.4) is 0 Å². The number of nitrogens with zero attached hydrogens (tertiary/aromatic N) is 2. The number of benzene rings is 2. The van der Waals surface area contributed by atoms with Crippen molar-refractivity contribution in [2.75, 3.05) is 13.2 Å². The van der Waals surface area contributed by atoms with E-state index in [1.165, 1.54) is 25.0 Å². The Kier molecular flexibility index (Phi) is 5.21. The van der Waals surface area contributed by atoms with Crippen molar-refractivity contribution in [3.63, 3.8) is 0 Å². The number of carbonyl (C=O) groups is 1. The molecule has 2 heterocycles. The van der Waals surface area contributed by atoms with E-state index < -0.39 is 0 Å². The van der Waals surface area contributed by atoms with Gasteiger partial charge in [0.15, 0.2) is 0 Å². The van der Waals surface area contributed by atoms with E-state index in [-0.39, 0.29) is 23.9 Å². The van der Waals surface area contributed by atoms with Crippen LogP contribution >= 0.6 is 0 Å². The number of halogens is 1. The maximum absolute atomic E-state index is 13.7. The van der Waals surface area contributed by atoms with E-state index >= 15 is 0 Å². The summed E-state index contributed by atoms with van der Waals surface area (Å²) in [4.78, 5) is 19.4. The molecule has 5 rings (SSSR count). The SMILES string of the molecule is O=C1CCCN1C(c1cccc2cccnc12)C(OCC1CC1)c1ccc(F)cc1. The van der Waals surface area contributed by atoms with Gasteiger partial charge in [0.05, 0.1) is 18.2 Å². The molecule has 0 spiro atoms. The highest BCUT2D eigenvalue weighted by Crippen LogP contribution is 2.42. The summed E-state index contributed by atoms with van der Waals surface area (Å²) in [6.07, 6.45) is 5.16. The van der Waals surface area contributed by atoms with Crippen LogP contribution in [-0.4, -0.2) is 28.9 Å². The van der Waals surface area contributed by atoms with E-state index in [0.717, 1.165) is 28.5 Å². The molecule has 2 atom stereocenters. The van der Waals surface area contributed by atoms with E-state index in [1.54, 1.807) is 18.3 Å². The van der Waals surface area contributed by atoms with Crippen molar-refractivity contribution in [1.29, 1.82) is 0 Å². The highest BCUT2D eigenvalue weighted by molar-refractivity contribution is 5.84. The molecule has 1 aromatic heterocycles. The average molecular weight is 404 g/mol. The molecule has 4 nitrogen and oxygen atoms in total. The van der Waals surface area contributed by atoms with E-state index in [1.807, 2.05) is 35.2 Å². The molecular weight excluding hydrogens is 379 g/mol. The highest BCUT2D eigenvalue weighted by atomic mass is 19.1. The Labute approximate surface area is 175 Å². The first-order valence-corrected chi connectivity index (χ1v) is 10.7. The third kappa shape index (κ3) is 3.82. The molecule has 1 amide bonds. The lowest BCUT2D eigenvalue weighted by Crippen LogP contribution is -2.35. The lowest BCUT2D eigenvalue weighted by Gasteiger charge is -2.35. The molecular formula is C25H25FN2O2. The number of pyridine rings is 1. The zero-order valence-electron chi connectivity index (χ0n) is 16.8. The van der Waals surface area contributed by atoms with Gasteiger partial charge in [0.25, 0.3) is 0 Å². The quantitative estimate of drug-likeness (QED) is 0.543. The molecule has 154 valence electrons. The van der Waals surface area contributed by atoms with E-state index in [9.17, 15) is 9.18 Å². The molecule has 0 N–H and O–H groups in total. The molecule has 0 radical (unpaired) electrons. The molecule has 30 heavy (non-hydrogen) atoms. The lowest BCUT2D eigenvalue weighted by atomic mass is 9.92. The van der Waals surface area contributed by atoms with Gasteiger partial charge in [-0.2, -0.15) is 0 Å². The molecule has 1 aliphatic carbocycles. The standard InChI is InChI=1S/C25H25FN2O2/c26-20-12-10-19(11-13-20)25(30-16-17-8-9-17)24(28-15-3-7-22(28)29)21-6-1-4-18-5-2-14-27-23(18)21/h1-2,4-6,10-14,17,24-25H,3,7-9,15-16H2. The summed E-state index contributed by atoms with van der Waals surface area (Å²) in [7, 11) is 0. The number of amides is 1. The summed E-state index contributed by atoms with van der Waals surface area (Å²) in [5, 5.41) is 1.03. The Morgan fingerprint density at radius 3 is 2.63 bits per heavy atom. The molecule has 1 saturated heterocycles. The molecule has 1 aliphatic heterocycles. The third-order valence-corrected chi connectivity index (χ3v) is 6.12. The second kappa shape index (κ2) is 8.15. The van der Waals surface area contributed by atoms with Gasteiger partial charge >= 0.3 is 0 Å². The second-order valence-electron chi connectivity index (χ2n) is 8.31. The van der Waals surface area contributed by atoms with Crippen molar-refractivity contribution in [1.82, 2.24) is 9.88 Å². The molecule has 2 unspecified atom stereocenters. The van der Waals surface area contributed by atoms with Crippen LogP contribution in [0.1, 0.15) is 49.0 Å². The number of hydrogen-bond acceptors (Lipinski definition) is 3. The number of para-hydroxylation sites is 1. The summed E-state index contributed by atoms with van der Waals surface area (Å²) in [5.41, 5.74) is 2.75. The van der Waals surface area contributed by atoms with Crippen molar-refractivity contribution in [3.05, 3.63) is 77.7 Å². The molecule has 0 bridgehead atoms. The number of fused-ring (bicyclic) bond motifs is 1. The minimum absolute atomic E-state index is 0.134. The normalized spacial score (nSPS) is 18.7. The van der Waals surface area contributed by atoms with Crippen LogP contribution < -0.4 is 0 Å². The number of rotatable bonds is 7. The van der Waals surface area contributed by atoms with Crippen LogP contribution in [-0.2, 0) is 9.53 Å². The third-order valence-electron chi connectivity index (χ3n) is 6.12. The summed E-state index contributed by atoms with van der Waals surface area (Å²) >= 11 is 0. The first-order valence-electron chi connectivity index (χ1n) is 10.7. The fourth-order valence-electron chi connectivity index (χ4n) is 4.37. The summed E-state index contributed by atoms with van der Waals surface area (Å²) in [6, 6.07) is 16.2.